The summed E-state index contributed by atoms with van der Waals surface area (Å²) in [5.41, 5.74) is 1.14. The molecule has 1 aliphatic carbocycles. The topological polar surface area (TPSA) is 60.9 Å². The number of alkyl halides is 3. The number of hydrogen-bond donors (Lipinski definition) is 0. The van der Waals surface area contributed by atoms with Crippen LogP contribution in [0.4, 0.5) is 13.2 Å². The molecule has 4 aromatic rings. The Labute approximate surface area is 155 Å². The van der Waals surface area contributed by atoms with Crippen molar-refractivity contribution in [2.24, 2.45) is 13.0 Å². The Hall–Kier alpha value is -2.49. The fraction of sp³-hybridized carbons (Fsp3) is 0.412. The Morgan fingerprint density at radius 2 is 2.07 bits per heavy atom. The first kappa shape index (κ1) is 16.7. The van der Waals surface area contributed by atoms with Gasteiger partial charge in [0.25, 0.3) is 0 Å². The summed E-state index contributed by atoms with van der Waals surface area (Å²) in [6.45, 7) is 2.24. The summed E-state index contributed by atoms with van der Waals surface area (Å²) < 4.78 is 41.5. The van der Waals surface area contributed by atoms with E-state index < -0.39 is 11.9 Å². The summed E-state index contributed by atoms with van der Waals surface area (Å²) in [6.07, 6.45) is 0.181. The van der Waals surface area contributed by atoms with E-state index in [1.54, 1.807) is 17.7 Å². The predicted molar refractivity (Wildman–Crippen MR) is 94.6 cm³/mol. The van der Waals surface area contributed by atoms with Crippen molar-refractivity contribution in [2.75, 3.05) is 0 Å². The molecule has 0 saturated heterocycles. The monoisotopic (exact) mass is 392 g/mol. The first-order chi connectivity index (χ1) is 12.8. The number of aromatic nitrogens is 6. The van der Waals surface area contributed by atoms with Gasteiger partial charge in [-0.05, 0) is 36.8 Å². The molecule has 4 aromatic heterocycles. The number of aryl methyl sites for hydroxylation is 2. The quantitative estimate of drug-likeness (QED) is 0.493. The highest BCUT2D eigenvalue weighted by molar-refractivity contribution is 7.19. The number of rotatable bonds is 1. The highest BCUT2D eigenvalue weighted by Crippen LogP contribution is 2.39. The zero-order valence-corrected chi connectivity index (χ0v) is 15.4. The molecule has 1 atom stereocenters. The molecule has 0 radical (unpaired) electrons. The van der Waals surface area contributed by atoms with Gasteiger partial charge in [-0.3, -0.25) is 4.68 Å². The lowest BCUT2D eigenvalue weighted by molar-refractivity contribution is -0.143. The minimum atomic E-state index is -4.48. The molecule has 4 heterocycles. The van der Waals surface area contributed by atoms with Crippen LogP contribution in [0.2, 0.25) is 0 Å². The van der Waals surface area contributed by atoms with Crippen LogP contribution in [0.3, 0.4) is 0 Å². The van der Waals surface area contributed by atoms with Crippen LogP contribution >= 0.6 is 11.3 Å². The van der Waals surface area contributed by atoms with E-state index in [0.29, 0.717) is 11.6 Å². The van der Waals surface area contributed by atoms with Gasteiger partial charge in [0, 0.05) is 11.9 Å². The van der Waals surface area contributed by atoms with E-state index in [2.05, 4.69) is 27.1 Å². The maximum Gasteiger partial charge on any atom is 0.433 e. The molecule has 0 N–H and O–H groups in total. The van der Waals surface area contributed by atoms with Crippen LogP contribution < -0.4 is 0 Å². The molecule has 0 spiro atoms. The van der Waals surface area contributed by atoms with Gasteiger partial charge >= 0.3 is 6.18 Å². The van der Waals surface area contributed by atoms with E-state index in [1.165, 1.54) is 22.0 Å². The largest absolute Gasteiger partial charge is 0.433 e. The molecule has 6 nitrogen and oxygen atoms in total. The second-order valence-corrected chi connectivity index (χ2v) is 8.10. The highest BCUT2D eigenvalue weighted by Gasteiger charge is 2.35. The second kappa shape index (κ2) is 5.51. The second-order valence-electron chi connectivity index (χ2n) is 7.02. The zero-order chi connectivity index (χ0) is 18.9. The molecule has 27 heavy (non-hydrogen) atoms. The van der Waals surface area contributed by atoms with Crippen molar-refractivity contribution >= 4 is 27.2 Å². The SMILES string of the molecule is C[C@@H]1CCc2c(sc3ncn4nc(-c5cc(C(F)(F)F)n(C)n5)nc4c23)C1. The molecular weight excluding hydrogens is 377 g/mol. The molecule has 0 aliphatic heterocycles. The van der Waals surface area contributed by atoms with E-state index in [1.807, 2.05) is 0 Å². The Morgan fingerprint density at radius 1 is 1.26 bits per heavy atom. The van der Waals surface area contributed by atoms with Crippen LogP contribution in [-0.4, -0.2) is 29.4 Å². The van der Waals surface area contributed by atoms with Crippen LogP contribution in [0.1, 0.15) is 29.5 Å². The summed E-state index contributed by atoms with van der Waals surface area (Å²) in [6, 6.07) is 0.976. The molecule has 0 aromatic carbocycles. The Bertz CT molecular complexity index is 1190. The first-order valence-electron chi connectivity index (χ1n) is 8.58. The van der Waals surface area contributed by atoms with E-state index >= 15 is 0 Å². The van der Waals surface area contributed by atoms with Crippen molar-refractivity contribution < 1.29 is 13.2 Å². The first-order valence-corrected chi connectivity index (χ1v) is 9.40. The fourth-order valence-electron chi connectivity index (χ4n) is 3.69. The van der Waals surface area contributed by atoms with Crippen molar-refractivity contribution in [3.63, 3.8) is 0 Å². The standard InChI is InChI=1S/C17H15F3N6S/c1-8-3-4-9-11(5-8)27-16-13(9)15-22-14(24-26(15)7-21-16)10-6-12(17(18,19)20)25(2)23-10/h6-8H,3-5H2,1-2H3/t8-/m1/s1. The number of nitrogens with zero attached hydrogens (tertiary/aromatic N) is 6. The fourth-order valence-corrected chi connectivity index (χ4v) is 5.03. The normalized spacial score (nSPS) is 17.7. The average molecular weight is 392 g/mol. The molecule has 140 valence electrons. The van der Waals surface area contributed by atoms with Gasteiger partial charge < -0.3 is 0 Å². The van der Waals surface area contributed by atoms with E-state index in [-0.39, 0.29) is 11.5 Å². The van der Waals surface area contributed by atoms with Crippen molar-refractivity contribution in [2.45, 2.75) is 32.4 Å². The lowest BCUT2D eigenvalue weighted by atomic mass is 9.89. The third-order valence-electron chi connectivity index (χ3n) is 5.03. The van der Waals surface area contributed by atoms with Gasteiger partial charge in [-0.15, -0.1) is 16.4 Å². The zero-order valence-electron chi connectivity index (χ0n) is 14.6. The number of thiophene rings is 1. The van der Waals surface area contributed by atoms with Crippen LogP contribution in [0.25, 0.3) is 27.4 Å². The lowest BCUT2D eigenvalue weighted by Crippen LogP contribution is -2.11. The highest BCUT2D eigenvalue weighted by atomic mass is 32.1. The van der Waals surface area contributed by atoms with Crippen LogP contribution in [-0.2, 0) is 26.1 Å². The average Bonchev–Trinajstić information content (AvgIpc) is 3.26. The van der Waals surface area contributed by atoms with Crippen molar-refractivity contribution in [1.29, 1.82) is 0 Å². The molecule has 0 saturated carbocycles. The smallest absolute Gasteiger partial charge is 0.263 e. The van der Waals surface area contributed by atoms with E-state index in [9.17, 15) is 13.2 Å². The summed E-state index contributed by atoms with van der Waals surface area (Å²) in [4.78, 5) is 11.2. The van der Waals surface area contributed by atoms with Crippen LogP contribution in [0.5, 0.6) is 0 Å². The van der Waals surface area contributed by atoms with Gasteiger partial charge in [-0.1, -0.05) is 6.92 Å². The molecule has 0 unspecified atom stereocenters. The van der Waals surface area contributed by atoms with E-state index in [0.717, 1.165) is 40.2 Å². The molecule has 1 aliphatic rings. The third-order valence-corrected chi connectivity index (χ3v) is 6.19. The number of fused-ring (bicyclic) bond motifs is 5. The molecule has 10 heteroatoms. The summed E-state index contributed by atoms with van der Waals surface area (Å²) in [5.74, 6) is 0.809. The van der Waals surface area contributed by atoms with Gasteiger partial charge in [-0.2, -0.15) is 18.3 Å². The van der Waals surface area contributed by atoms with Crippen molar-refractivity contribution in [3.05, 3.63) is 28.5 Å². The molecule has 0 fully saturated rings. The predicted octanol–water partition coefficient (Wildman–Crippen LogP) is 3.88. The van der Waals surface area contributed by atoms with E-state index in [4.69, 9.17) is 0 Å². The maximum absolute atomic E-state index is 13.1. The Balaban J connectivity index is 1.69. The van der Waals surface area contributed by atoms with Crippen molar-refractivity contribution in [1.82, 2.24) is 29.4 Å². The van der Waals surface area contributed by atoms with Gasteiger partial charge in [-0.25, -0.2) is 14.5 Å². The minimum absolute atomic E-state index is 0.0967. The van der Waals surface area contributed by atoms with Gasteiger partial charge in [0.1, 0.15) is 22.5 Å². The van der Waals surface area contributed by atoms with Gasteiger partial charge in [0.2, 0.25) is 5.82 Å². The minimum Gasteiger partial charge on any atom is -0.263 e. The molecular formula is C17H15F3N6S. The maximum atomic E-state index is 13.1. The Kier molecular flexibility index (Phi) is 3.40. The summed E-state index contributed by atoms with van der Waals surface area (Å²) in [5, 5.41) is 9.23. The molecule has 0 amide bonds. The van der Waals surface area contributed by atoms with Gasteiger partial charge in [0.15, 0.2) is 5.65 Å². The number of halogens is 3. The summed E-state index contributed by atoms with van der Waals surface area (Å²) in [7, 11) is 1.26. The van der Waals surface area contributed by atoms with Crippen molar-refractivity contribution in [3.8, 4) is 11.5 Å². The Morgan fingerprint density at radius 3 is 2.81 bits per heavy atom. The summed E-state index contributed by atoms with van der Waals surface area (Å²) >= 11 is 1.67. The third kappa shape index (κ3) is 2.53. The lowest BCUT2D eigenvalue weighted by Gasteiger charge is -2.17. The molecule has 0 bridgehead atoms. The van der Waals surface area contributed by atoms with Gasteiger partial charge in [0.05, 0.1) is 5.39 Å². The number of hydrogen-bond acceptors (Lipinski definition) is 5. The van der Waals surface area contributed by atoms with Crippen LogP contribution in [0.15, 0.2) is 12.4 Å². The van der Waals surface area contributed by atoms with Crippen LogP contribution in [0, 0.1) is 5.92 Å². The molecule has 5 rings (SSSR count).